The molecule has 3 nitrogen and oxygen atoms in total. The number of benzene rings is 9. The zero-order chi connectivity index (χ0) is 46.6. The van der Waals surface area contributed by atoms with Crippen LogP contribution in [0.25, 0.3) is 99.5 Å². The van der Waals surface area contributed by atoms with Crippen LogP contribution in [0.4, 0.5) is 0 Å². The van der Waals surface area contributed by atoms with Gasteiger partial charge in [-0.15, -0.1) is 108 Å². The number of aryl methyl sites for hydroxylation is 4. The topological polar surface area (TPSA) is 38.7 Å². The number of rotatable bonds is 12. The van der Waals surface area contributed by atoms with E-state index < -0.39 is 0 Å². The van der Waals surface area contributed by atoms with Crippen molar-refractivity contribution in [1.82, 2.24) is 15.0 Å². The normalized spacial score (nSPS) is 11.2. The maximum absolute atomic E-state index is 5.16. The number of nitrogens with zero attached hydrogens (tertiary/aromatic N) is 3. The third kappa shape index (κ3) is 9.49. The second-order valence-corrected chi connectivity index (χ2v) is 18.0. The van der Waals surface area contributed by atoms with Crippen molar-refractivity contribution in [2.45, 2.75) is 25.7 Å². The summed E-state index contributed by atoms with van der Waals surface area (Å²) >= 11 is 0. The Kier molecular flexibility index (Phi) is 13.0. The molecule has 0 aliphatic rings. The summed E-state index contributed by atoms with van der Waals surface area (Å²) in [5.41, 5.74) is 17.5. The average molecular weight is 1090 g/mol. The molecule has 0 aliphatic carbocycles. The van der Waals surface area contributed by atoms with Gasteiger partial charge in [-0.25, -0.2) is 0 Å². The van der Waals surface area contributed by atoms with Gasteiger partial charge in [0.15, 0.2) is 0 Å². The Morgan fingerprint density at radius 1 is 0.282 bits per heavy atom. The molecule has 0 radical (unpaired) electrons. The summed E-state index contributed by atoms with van der Waals surface area (Å²) in [6.07, 6.45) is 9.60. The molecule has 0 atom stereocenters. The summed E-state index contributed by atoms with van der Waals surface area (Å²) in [6.45, 7) is 0. The van der Waals surface area contributed by atoms with E-state index in [2.05, 4.69) is 188 Å². The van der Waals surface area contributed by atoms with Gasteiger partial charge in [-0.2, -0.15) is 0 Å². The molecule has 0 N–H and O–H groups in total. The molecule has 71 heavy (non-hydrogen) atoms. The molecule has 0 fully saturated rings. The molecular formula is C67H46IrN3. The summed E-state index contributed by atoms with van der Waals surface area (Å²) in [5.74, 6) is 0. The van der Waals surface area contributed by atoms with Crippen molar-refractivity contribution in [3.05, 3.63) is 271 Å². The molecule has 12 rings (SSSR count). The molecular weight excluding hydrogens is 1040 g/mol. The van der Waals surface area contributed by atoms with E-state index in [0.29, 0.717) is 0 Å². The van der Waals surface area contributed by atoms with Crippen molar-refractivity contribution in [3.8, 4) is 67.2 Å². The van der Waals surface area contributed by atoms with Crippen molar-refractivity contribution in [2.24, 2.45) is 0 Å². The van der Waals surface area contributed by atoms with Gasteiger partial charge in [-0.05, 0) is 131 Å². The Morgan fingerprint density at radius 3 is 1.24 bits per heavy atom. The van der Waals surface area contributed by atoms with Gasteiger partial charge < -0.3 is 15.0 Å². The van der Waals surface area contributed by atoms with Crippen molar-refractivity contribution in [1.29, 1.82) is 0 Å². The molecule has 0 saturated heterocycles. The van der Waals surface area contributed by atoms with E-state index in [1.54, 1.807) is 0 Å². The van der Waals surface area contributed by atoms with Crippen molar-refractivity contribution >= 4 is 32.3 Å². The minimum absolute atomic E-state index is 0. The van der Waals surface area contributed by atoms with E-state index in [-0.39, 0.29) is 20.1 Å². The SMILES string of the molecule is [Ir+3].[c-]1ccccc1-c1ccc(CCc2cc(CCc3ccc(-c4[c-]cccc4)nc3)cc(-c3ccccc3-c3cnc(-c4[c-]cccc4)cc3-c3ccc4c5ccccc5c5ccccc5c4c3)c2)cn1. The minimum Gasteiger partial charge on any atom is -0.304 e. The fourth-order valence-electron chi connectivity index (χ4n) is 10.0. The first kappa shape index (κ1) is 45.3. The van der Waals surface area contributed by atoms with Crippen LogP contribution in [0, 0.1) is 18.2 Å². The minimum atomic E-state index is 0. The first-order valence-corrected chi connectivity index (χ1v) is 24.1. The van der Waals surface area contributed by atoms with Gasteiger partial charge in [0.05, 0.1) is 0 Å². The monoisotopic (exact) mass is 1090 g/mol. The quantitative estimate of drug-likeness (QED) is 0.0904. The van der Waals surface area contributed by atoms with E-state index >= 15 is 0 Å². The number of aromatic nitrogens is 3. The second-order valence-electron chi connectivity index (χ2n) is 18.0. The summed E-state index contributed by atoms with van der Waals surface area (Å²) in [5, 5.41) is 7.52. The summed E-state index contributed by atoms with van der Waals surface area (Å²) in [6, 6.07) is 85.7. The standard InChI is InChI=1S/C67H46N3.Ir/c1-4-16-50(17-5-1)65-36-32-46(43-68-65)28-30-48-38-49(31-29-47-33-37-66(69-44-47)51-18-6-2-7-19-51)40-54(39-48)55-22-10-11-23-56(55)64-45-70-67(52-20-8-3-9-21-52)42-62(64)53-34-35-61-59-26-13-12-24-57(59)58-25-14-15-27-60(58)63(61)41-53;/h1-16,18,20,22-27,32-45H,28-31H2;/q-3;+3. The van der Waals surface area contributed by atoms with Crippen LogP contribution < -0.4 is 0 Å². The Bertz CT molecular complexity index is 3660. The Balaban J connectivity index is 0.00000547. The first-order valence-electron chi connectivity index (χ1n) is 24.1. The third-order valence-corrected chi connectivity index (χ3v) is 13.5. The largest absolute Gasteiger partial charge is 3.00 e. The van der Waals surface area contributed by atoms with Gasteiger partial charge in [0, 0.05) is 24.2 Å². The third-order valence-electron chi connectivity index (χ3n) is 13.5. The molecule has 0 saturated carbocycles. The van der Waals surface area contributed by atoms with E-state index in [1.165, 1.54) is 65.7 Å². The maximum atomic E-state index is 5.16. The molecule has 12 aromatic rings. The molecule has 0 spiro atoms. The number of fused-ring (bicyclic) bond motifs is 6. The molecule has 0 unspecified atom stereocenters. The number of pyridine rings is 3. The molecule has 0 aliphatic heterocycles. The molecule has 0 bridgehead atoms. The molecule has 0 amide bonds. The van der Waals surface area contributed by atoms with Crippen LogP contribution in [0.1, 0.15) is 22.3 Å². The van der Waals surface area contributed by atoms with Crippen molar-refractivity contribution in [2.75, 3.05) is 0 Å². The number of hydrogen-bond donors (Lipinski definition) is 0. The molecule has 338 valence electrons. The summed E-state index contributed by atoms with van der Waals surface area (Å²) in [7, 11) is 0. The van der Waals surface area contributed by atoms with E-state index in [1.807, 2.05) is 60.9 Å². The van der Waals surface area contributed by atoms with Crippen LogP contribution in [0.15, 0.2) is 231 Å². The molecule has 9 aromatic carbocycles. The Hall–Kier alpha value is -8.14. The summed E-state index contributed by atoms with van der Waals surface area (Å²) in [4.78, 5) is 14.8. The average Bonchev–Trinajstić information content (AvgIpc) is 3.45. The van der Waals surface area contributed by atoms with Gasteiger partial charge in [0.25, 0.3) is 0 Å². The van der Waals surface area contributed by atoms with Gasteiger partial charge in [0.1, 0.15) is 0 Å². The van der Waals surface area contributed by atoms with E-state index in [0.717, 1.165) is 81.7 Å². The fraction of sp³-hybridized carbons (Fsp3) is 0.0597. The Morgan fingerprint density at radius 2 is 0.732 bits per heavy atom. The smallest absolute Gasteiger partial charge is 0.304 e. The van der Waals surface area contributed by atoms with E-state index in [4.69, 9.17) is 15.0 Å². The predicted octanol–water partition coefficient (Wildman–Crippen LogP) is 16.3. The number of hydrogen-bond acceptors (Lipinski definition) is 3. The fourth-order valence-corrected chi connectivity index (χ4v) is 10.0. The maximum Gasteiger partial charge on any atom is 3.00 e. The van der Waals surface area contributed by atoms with Crippen LogP contribution in [-0.4, -0.2) is 15.0 Å². The van der Waals surface area contributed by atoms with E-state index in [9.17, 15) is 0 Å². The second kappa shape index (κ2) is 20.4. The van der Waals surface area contributed by atoms with Gasteiger partial charge in [-0.1, -0.05) is 133 Å². The molecule has 3 heterocycles. The molecule has 3 aromatic heterocycles. The van der Waals surface area contributed by atoms with Crippen molar-refractivity contribution < 1.29 is 20.1 Å². The van der Waals surface area contributed by atoms with Gasteiger partial charge >= 0.3 is 20.1 Å². The van der Waals surface area contributed by atoms with Crippen LogP contribution in [0.2, 0.25) is 0 Å². The van der Waals surface area contributed by atoms with Crippen LogP contribution in [-0.2, 0) is 45.8 Å². The predicted molar refractivity (Wildman–Crippen MR) is 289 cm³/mol. The van der Waals surface area contributed by atoms with Crippen LogP contribution in [0.5, 0.6) is 0 Å². The van der Waals surface area contributed by atoms with Gasteiger partial charge in [-0.3, -0.25) is 0 Å². The molecule has 4 heteroatoms. The van der Waals surface area contributed by atoms with Crippen molar-refractivity contribution in [3.63, 3.8) is 0 Å². The zero-order valence-corrected chi connectivity index (χ0v) is 41.3. The zero-order valence-electron chi connectivity index (χ0n) is 38.9. The van der Waals surface area contributed by atoms with Crippen LogP contribution in [0.3, 0.4) is 0 Å². The van der Waals surface area contributed by atoms with Gasteiger partial charge in [0.2, 0.25) is 0 Å². The Labute approximate surface area is 429 Å². The first-order chi connectivity index (χ1) is 34.7. The van der Waals surface area contributed by atoms with Crippen LogP contribution >= 0.6 is 0 Å². The summed E-state index contributed by atoms with van der Waals surface area (Å²) < 4.78 is 0.